The van der Waals surface area contributed by atoms with Crippen molar-refractivity contribution in [2.45, 2.75) is 20.0 Å². The zero-order chi connectivity index (χ0) is 18.4. The SMILES string of the molecule is CCOc1cc(C(=O)O[C@H](C)C(=O)c2ccc(Br)cc2)ccc1OC. The van der Waals surface area contributed by atoms with E-state index >= 15 is 0 Å². The molecule has 0 heterocycles. The van der Waals surface area contributed by atoms with E-state index < -0.39 is 12.1 Å². The van der Waals surface area contributed by atoms with Crippen molar-refractivity contribution in [1.82, 2.24) is 0 Å². The summed E-state index contributed by atoms with van der Waals surface area (Å²) in [5.74, 6) is 0.115. The van der Waals surface area contributed by atoms with E-state index in [9.17, 15) is 9.59 Å². The minimum atomic E-state index is -0.897. The predicted molar refractivity (Wildman–Crippen MR) is 97.5 cm³/mol. The molecule has 0 spiro atoms. The molecule has 25 heavy (non-hydrogen) atoms. The van der Waals surface area contributed by atoms with E-state index in [4.69, 9.17) is 14.2 Å². The van der Waals surface area contributed by atoms with Crippen molar-refractivity contribution in [2.75, 3.05) is 13.7 Å². The number of methoxy groups -OCH3 is 1. The molecular formula is C19H19BrO5. The van der Waals surface area contributed by atoms with Crippen LogP contribution in [0.5, 0.6) is 11.5 Å². The van der Waals surface area contributed by atoms with Gasteiger partial charge in [0.2, 0.25) is 5.78 Å². The molecule has 0 saturated heterocycles. The molecule has 6 heteroatoms. The van der Waals surface area contributed by atoms with Gasteiger partial charge >= 0.3 is 5.97 Å². The summed E-state index contributed by atoms with van der Waals surface area (Å²) in [6.45, 7) is 3.83. The van der Waals surface area contributed by atoms with Gasteiger partial charge in [0.25, 0.3) is 0 Å². The lowest BCUT2D eigenvalue weighted by atomic mass is 10.1. The molecule has 0 N–H and O–H groups in total. The Bertz CT molecular complexity index is 755. The summed E-state index contributed by atoms with van der Waals surface area (Å²) in [6.07, 6.45) is -0.897. The maximum absolute atomic E-state index is 12.4. The summed E-state index contributed by atoms with van der Waals surface area (Å²) in [7, 11) is 1.52. The van der Waals surface area contributed by atoms with Crippen LogP contribution >= 0.6 is 15.9 Å². The highest BCUT2D eigenvalue weighted by Crippen LogP contribution is 2.28. The van der Waals surface area contributed by atoms with Crippen molar-refractivity contribution in [3.63, 3.8) is 0 Å². The van der Waals surface area contributed by atoms with E-state index in [0.717, 1.165) is 4.47 Å². The minimum absolute atomic E-state index is 0.264. The van der Waals surface area contributed by atoms with Crippen molar-refractivity contribution in [1.29, 1.82) is 0 Å². The number of Topliss-reactive ketones (excluding diaryl/α,β-unsaturated/α-hetero) is 1. The van der Waals surface area contributed by atoms with E-state index in [2.05, 4.69) is 15.9 Å². The Balaban J connectivity index is 2.11. The van der Waals surface area contributed by atoms with Crippen molar-refractivity contribution in [2.24, 2.45) is 0 Å². The lowest BCUT2D eigenvalue weighted by Crippen LogP contribution is -2.24. The Labute approximate surface area is 155 Å². The number of carbonyl (C=O) groups is 2. The standard InChI is InChI=1S/C19H19BrO5/c1-4-24-17-11-14(7-10-16(17)23-3)19(22)25-12(2)18(21)13-5-8-15(20)9-6-13/h5-12H,4H2,1-3H3/t12-/m1/s1. The Hall–Kier alpha value is -2.34. The molecule has 0 aromatic heterocycles. The van der Waals surface area contributed by atoms with Crippen LogP contribution in [-0.4, -0.2) is 31.6 Å². The van der Waals surface area contributed by atoms with Crippen LogP contribution in [0.15, 0.2) is 46.9 Å². The van der Waals surface area contributed by atoms with Crippen LogP contribution in [0.1, 0.15) is 34.6 Å². The molecule has 2 aromatic carbocycles. The minimum Gasteiger partial charge on any atom is -0.493 e. The van der Waals surface area contributed by atoms with Crippen molar-refractivity contribution in [3.05, 3.63) is 58.1 Å². The Kier molecular flexibility index (Phi) is 6.58. The second-order valence-corrected chi connectivity index (χ2v) is 6.13. The van der Waals surface area contributed by atoms with Gasteiger partial charge in [-0.2, -0.15) is 0 Å². The fourth-order valence-corrected chi connectivity index (χ4v) is 2.47. The molecule has 1 atom stereocenters. The van der Waals surface area contributed by atoms with Gasteiger partial charge in [-0.1, -0.05) is 28.1 Å². The largest absolute Gasteiger partial charge is 0.493 e. The third kappa shape index (κ3) is 4.82. The van der Waals surface area contributed by atoms with Crippen LogP contribution in [0, 0.1) is 0 Å². The number of esters is 1. The zero-order valence-electron chi connectivity index (χ0n) is 14.2. The van der Waals surface area contributed by atoms with E-state index in [0.29, 0.717) is 29.2 Å². The number of halogens is 1. The third-order valence-electron chi connectivity index (χ3n) is 3.48. The van der Waals surface area contributed by atoms with Gasteiger partial charge in [0.05, 0.1) is 19.3 Å². The first-order valence-corrected chi connectivity index (χ1v) is 8.57. The van der Waals surface area contributed by atoms with E-state index in [1.807, 2.05) is 6.92 Å². The number of carbonyl (C=O) groups excluding carboxylic acids is 2. The molecule has 0 unspecified atom stereocenters. The maximum atomic E-state index is 12.4. The van der Waals surface area contributed by atoms with Gasteiger partial charge in [0, 0.05) is 10.0 Å². The van der Waals surface area contributed by atoms with E-state index in [1.54, 1.807) is 49.4 Å². The molecule has 0 fully saturated rings. The average molecular weight is 407 g/mol. The molecule has 0 aliphatic heterocycles. The first-order valence-electron chi connectivity index (χ1n) is 7.77. The highest BCUT2D eigenvalue weighted by molar-refractivity contribution is 9.10. The van der Waals surface area contributed by atoms with Gasteiger partial charge in [-0.15, -0.1) is 0 Å². The summed E-state index contributed by atoms with van der Waals surface area (Å²) >= 11 is 3.31. The number of ketones is 1. The molecular weight excluding hydrogens is 388 g/mol. The van der Waals surface area contributed by atoms with Gasteiger partial charge in [-0.3, -0.25) is 4.79 Å². The second-order valence-electron chi connectivity index (χ2n) is 5.22. The third-order valence-corrected chi connectivity index (χ3v) is 4.01. The first-order chi connectivity index (χ1) is 12.0. The lowest BCUT2D eigenvalue weighted by Gasteiger charge is -2.14. The molecule has 0 aliphatic rings. The van der Waals surface area contributed by atoms with Crippen LogP contribution in [0.25, 0.3) is 0 Å². The Morgan fingerprint density at radius 1 is 1.04 bits per heavy atom. The smallest absolute Gasteiger partial charge is 0.338 e. The Morgan fingerprint density at radius 2 is 1.68 bits per heavy atom. The molecule has 2 rings (SSSR count). The topological polar surface area (TPSA) is 61.8 Å². The summed E-state index contributed by atoms with van der Waals surface area (Å²) in [5.41, 5.74) is 0.771. The van der Waals surface area contributed by atoms with Crippen LogP contribution in [0.4, 0.5) is 0 Å². The number of ether oxygens (including phenoxy) is 3. The van der Waals surface area contributed by atoms with E-state index in [1.165, 1.54) is 7.11 Å². The normalized spacial score (nSPS) is 11.5. The molecule has 2 aromatic rings. The molecule has 0 radical (unpaired) electrons. The average Bonchev–Trinajstić information content (AvgIpc) is 2.61. The fourth-order valence-electron chi connectivity index (χ4n) is 2.20. The van der Waals surface area contributed by atoms with Gasteiger partial charge < -0.3 is 14.2 Å². The molecule has 0 aliphatic carbocycles. The quantitative estimate of drug-likeness (QED) is 0.506. The van der Waals surface area contributed by atoms with Gasteiger partial charge in [-0.05, 0) is 44.2 Å². The molecule has 0 saturated carbocycles. The highest BCUT2D eigenvalue weighted by Gasteiger charge is 2.21. The van der Waals surface area contributed by atoms with Gasteiger partial charge in [0.15, 0.2) is 17.6 Å². The van der Waals surface area contributed by atoms with Crippen molar-refractivity contribution in [3.8, 4) is 11.5 Å². The van der Waals surface area contributed by atoms with Crippen LogP contribution < -0.4 is 9.47 Å². The summed E-state index contributed by atoms with van der Waals surface area (Å²) in [5, 5.41) is 0. The maximum Gasteiger partial charge on any atom is 0.338 e. The number of hydrogen-bond acceptors (Lipinski definition) is 5. The predicted octanol–water partition coefficient (Wildman–Crippen LogP) is 4.28. The zero-order valence-corrected chi connectivity index (χ0v) is 15.8. The summed E-state index contributed by atoms with van der Waals surface area (Å²) in [6, 6.07) is 11.6. The molecule has 0 amide bonds. The van der Waals surface area contributed by atoms with Gasteiger partial charge in [0.1, 0.15) is 0 Å². The van der Waals surface area contributed by atoms with Crippen LogP contribution in [-0.2, 0) is 4.74 Å². The summed E-state index contributed by atoms with van der Waals surface area (Å²) in [4.78, 5) is 24.7. The van der Waals surface area contributed by atoms with Crippen molar-refractivity contribution >= 4 is 27.7 Å². The van der Waals surface area contributed by atoms with Crippen LogP contribution in [0.3, 0.4) is 0 Å². The lowest BCUT2D eigenvalue weighted by molar-refractivity contribution is 0.0318. The Morgan fingerprint density at radius 3 is 2.28 bits per heavy atom. The monoisotopic (exact) mass is 406 g/mol. The first kappa shape index (κ1) is 19.0. The molecule has 5 nitrogen and oxygen atoms in total. The molecule has 132 valence electrons. The number of rotatable bonds is 7. The number of benzene rings is 2. The van der Waals surface area contributed by atoms with Gasteiger partial charge in [-0.25, -0.2) is 4.79 Å². The van der Waals surface area contributed by atoms with Crippen molar-refractivity contribution < 1.29 is 23.8 Å². The summed E-state index contributed by atoms with van der Waals surface area (Å²) < 4.78 is 16.8. The fraction of sp³-hybridized carbons (Fsp3) is 0.263. The number of hydrogen-bond donors (Lipinski definition) is 0. The molecule has 0 bridgehead atoms. The van der Waals surface area contributed by atoms with E-state index in [-0.39, 0.29) is 5.78 Å². The highest BCUT2D eigenvalue weighted by atomic mass is 79.9. The van der Waals surface area contributed by atoms with Crippen LogP contribution in [0.2, 0.25) is 0 Å². The second kappa shape index (κ2) is 8.67.